The maximum Gasteiger partial charge on any atom is 0.236 e. The number of anilines is 2. The zero-order valence-corrected chi connectivity index (χ0v) is 23.2. The molecular weight excluding hydrogens is 536 g/mol. The number of aromatic nitrogens is 3. The molecule has 5 fully saturated rings. The van der Waals surface area contributed by atoms with E-state index in [0.717, 1.165) is 62.8 Å². The topological polar surface area (TPSA) is 175 Å². The van der Waals surface area contributed by atoms with Crippen LogP contribution in [0.15, 0.2) is 12.3 Å². The quantitative estimate of drug-likeness (QED) is 0.433. The molecule has 2 aliphatic carbocycles. The number of hydrogen-bond acceptors (Lipinski definition) is 9. The van der Waals surface area contributed by atoms with Gasteiger partial charge in [0, 0.05) is 56.3 Å². The summed E-state index contributed by atoms with van der Waals surface area (Å²) in [5.41, 5.74) is 5.55. The Morgan fingerprint density at radius 2 is 1.62 bits per heavy atom. The summed E-state index contributed by atoms with van der Waals surface area (Å²) in [6.45, 7) is 2.39. The molecule has 2 unspecified atom stereocenters. The number of primary amides is 1. The van der Waals surface area contributed by atoms with Gasteiger partial charge in [0.05, 0.1) is 23.4 Å². The molecule has 2 aromatic heterocycles. The Morgan fingerprint density at radius 3 is 2.20 bits per heavy atom. The van der Waals surface area contributed by atoms with E-state index in [0.29, 0.717) is 18.1 Å². The number of H-pyrrole nitrogens is 1. The van der Waals surface area contributed by atoms with Gasteiger partial charge in [0.2, 0.25) is 23.7 Å². The number of amides is 3. The van der Waals surface area contributed by atoms with Crippen LogP contribution in [-0.2, 0) is 24.2 Å². The average Bonchev–Trinajstić information content (AvgIpc) is 3.84. The number of aromatic amines is 1. The van der Waals surface area contributed by atoms with Crippen LogP contribution in [0.1, 0.15) is 38.5 Å². The van der Waals surface area contributed by atoms with Crippen molar-refractivity contribution in [3.63, 3.8) is 0 Å². The summed E-state index contributed by atoms with van der Waals surface area (Å²) in [4.78, 5) is 53.7. The maximum atomic E-state index is 12.9. The van der Waals surface area contributed by atoms with Crippen LogP contribution in [0.2, 0.25) is 0 Å². The molecule has 0 aromatic carbocycles. The van der Waals surface area contributed by atoms with Gasteiger partial charge < -0.3 is 20.5 Å². The zero-order valence-electron chi connectivity index (χ0n) is 22.4. The molecule has 0 spiro atoms. The predicted molar refractivity (Wildman–Crippen MR) is 148 cm³/mol. The third-order valence-electron chi connectivity index (χ3n) is 8.51. The molecule has 2 bridgehead atoms. The molecule has 7 rings (SSSR count). The molecule has 3 saturated heterocycles. The van der Waals surface area contributed by atoms with Crippen LogP contribution >= 0.6 is 0 Å². The van der Waals surface area contributed by atoms with Gasteiger partial charge in [-0.3, -0.25) is 24.6 Å². The SMILES string of the molecule is NC(=O)C1CC1.O=C(Nc1nc(N2CC3CCC(C2)N3CC(=O)N2CCS(=O)(=O)CC2)c2cc[nH]c2n1)C1CC1. The minimum absolute atomic E-state index is 0.0142. The van der Waals surface area contributed by atoms with E-state index in [-0.39, 0.29) is 66.2 Å². The summed E-state index contributed by atoms with van der Waals surface area (Å²) in [5.74, 6) is 1.42. The molecule has 40 heavy (non-hydrogen) atoms. The number of rotatable bonds is 6. The molecule has 4 N–H and O–H groups in total. The van der Waals surface area contributed by atoms with E-state index in [1.807, 2.05) is 12.3 Å². The lowest BCUT2D eigenvalue weighted by atomic mass is 10.1. The van der Waals surface area contributed by atoms with Gasteiger partial charge >= 0.3 is 0 Å². The molecule has 3 amide bonds. The number of nitrogens with zero attached hydrogens (tertiary/aromatic N) is 5. The smallest absolute Gasteiger partial charge is 0.236 e. The van der Waals surface area contributed by atoms with Crippen LogP contribution in [-0.4, -0.2) is 107 Å². The van der Waals surface area contributed by atoms with Crippen LogP contribution in [0.25, 0.3) is 11.0 Å². The number of nitrogens with one attached hydrogen (secondary N) is 2. The molecule has 5 heterocycles. The van der Waals surface area contributed by atoms with Crippen molar-refractivity contribution >= 4 is 50.4 Å². The largest absolute Gasteiger partial charge is 0.369 e. The fraction of sp³-hybridized carbons (Fsp3) is 0.654. The second-order valence-corrected chi connectivity index (χ2v) is 13.8. The number of hydrogen-bond donors (Lipinski definition) is 3. The van der Waals surface area contributed by atoms with Gasteiger partial charge in [0.1, 0.15) is 11.5 Å². The van der Waals surface area contributed by atoms with Crippen molar-refractivity contribution in [2.24, 2.45) is 17.6 Å². The zero-order chi connectivity index (χ0) is 28.0. The third-order valence-corrected chi connectivity index (χ3v) is 10.1. The number of piperazine rings is 1. The first-order valence-corrected chi connectivity index (χ1v) is 15.9. The monoisotopic (exact) mass is 572 g/mol. The van der Waals surface area contributed by atoms with Gasteiger partial charge in [0.25, 0.3) is 0 Å². The van der Waals surface area contributed by atoms with E-state index >= 15 is 0 Å². The highest BCUT2D eigenvalue weighted by Crippen LogP contribution is 2.35. The van der Waals surface area contributed by atoms with E-state index in [1.54, 1.807) is 4.90 Å². The molecule has 2 atom stereocenters. The van der Waals surface area contributed by atoms with Crippen molar-refractivity contribution in [2.45, 2.75) is 50.6 Å². The van der Waals surface area contributed by atoms with Crippen molar-refractivity contribution in [3.8, 4) is 0 Å². The van der Waals surface area contributed by atoms with Gasteiger partial charge in [-0.2, -0.15) is 9.97 Å². The Balaban J connectivity index is 0.000000429. The van der Waals surface area contributed by atoms with Crippen LogP contribution < -0.4 is 16.0 Å². The lowest BCUT2D eigenvalue weighted by Crippen LogP contribution is -2.57. The first-order chi connectivity index (χ1) is 19.2. The lowest BCUT2D eigenvalue weighted by Gasteiger charge is -2.42. The van der Waals surface area contributed by atoms with Crippen molar-refractivity contribution in [3.05, 3.63) is 12.3 Å². The lowest BCUT2D eigenvalue weighted by molar-refractivity contribution is -0.133. The standard InChI is InChI=1S/C22H29N7O4S.C4H7NO/c30-18(27-7-9-34(32,33)10-8-27)13-29-15-3-4-16(29)12-28(11-15)20-17-5-6-23-19(17)24-22(25-20)26-21(31)14-1-2-14;5-4(6)3-1-2-3/h5-6,14-16H,1-4,7-13H2,(H2,23,24,25,26,31);3H,1-2H2,(H2,5,6). The number of sulfone groups is 1. The minimum Gasteiger partial charge on any atom is -0.369 e. The van der Waals surface area contributed by atoms with Gasteiger partial charge in [0.15, 0.2) is 9.84 Å². The number of carbonyl (C=O) groups excluding carboxylic acids is 3. The van der Waals surface area contributed by atoms with Crippen LogP contribution in [0.4, 0.5) is 11.8 Å². The summed E-state index contributed by atoms with van der Waals surface area (Å²) in [7, 11) is -3.01. The van der Waals surface area contributed by atoms with Crippen LogP contribution in [0.3, 0.4) is 0 Å². The van der Waals surface area contributed by atoms with E-state index in [2.05, 4.69) is 25.1 Å². The second kappa shape index (κ2) is 10.6. The first kappa shape index (κ1) is 26.9. The summed E-state index contributed by atoms with van der Waals surface area (Å²) in [6.07, 6.45) is 7.73. The fourth-order valence-electron chi connectivity index (χ4n) is 5.79. The molecule has 13 nitrogen and oxygen atoms in total. The van der Waals surface area contributed by atoms with Gasteiger partial charge in [-0.05, 0) is 44.6 Å². The molecule has 216 valence electrons. The molecule has 0 radical (unpaired) electrons. The molecule has 2 saturated carbocycles. The summed E-state index contributed by atoms with van der Waals surface area (Å²) in [6, 6.07) is 2.41. The Labute approximate surface area is 232 Å². The molecule has 5 aliphatic rings. The predicted octanol–water partition coefficient (Wildman–Crippen LogP) is 0.0981. The van der Waals surface area contributed by atoms with Crippen LogP contribution in [0, 0.1) is 11.8 Å². The highest BCUT2D eigenvalue weighted by Gasteiger charge is 2.42. The number of carbonyl (C=O) groups is 3. The molecule has 3 aliphatic heterocycles. The Kier molecular flexibility index (Phi) is 7.15. The van der Waals surface area contributed by atoms with Crippen LogP contribution in [0.5, 0.6) is 0 Å². The molecular formula is C26H36N8O5S. The average molecular weight is 573 g/mol. The summed E-state index contributed by atoms with van der Waals surface area (Å²) < 4.78 is 23.4. The molecule has 2 aromatic rings. The Bertz CT molecular complexity index is 1390. The number of nitrogens with two attached hydrogens (primary N) is 1. The summed E-state index contributed by atoms with van der Waals surface area (Å²) >= 11 is 0. The third kappa shape index (κ3) is 5.92. The normalized spacial score (nSPS) is 25.8. The highest BCUT2D eigenvalue weighted by molar-refractivity contribution is 7.91. The van der Waals surface area contributed by atoms with E-state index in [1.165, 1.54) is 0 Å². The van der Waals surface area contributed by atoms with Crippen molar-refractivity contribution < 1.29 is 22.8 Å². The Morgan fingerprint density at radius 1 is 0.975 bits per heavy atom. The second-order valence-electron chi connectivity index (χ2n) is 11.5. The van der Waals surface area contributed by atoms with Gasteiger partial charge in [-0.1, -0.05) is 0 Å². The highest BCUT2D eigenvalue weighted by atomic mass is 32.2. The van der Waals surface area contributed by atoms with Crippen molar-refractivity contribution in [2.75, 3.05) is 54.4 Å². The van der Waals surface area contributed by atoms with Gasteiger partial charge in [-0.25, -0.2) is 8.42 Å². The van der Waals surface area contributed by atoms with E-state index in [4.69, 9.17) is 10.7 Å². The Hall–Kier alpha value is -3.26. The van der Waals surface area contributed by atoms with E-state index in [9.17, 15) is 22.8 Å². The minimum atomic E-state index is -3.01. The van der Waals surface area contributed by atoms with E-state index < -0.39 is 9.84 Å². The summed E-state index contributed by atoms with van der Waals surface area (Å²) in [5, 5.41) is 3.79. The molecule has 14 heteroatoms. The van der Waals surface area contributed by atoms with Crippen molar-refractivity contribution in [1.82, 2.24) is 24.8 Å². The number of fused-ring (bicyclic) bond motifs is 3. The fourth-order valence-corrected chi connectivity index (χ4v) is 6.99. The first-order valence-electron chi connectivity index (χ1n) is 14.1. The van der Waals surface area contributed by atoms with Gasteiger partial charge in [-0.15, -0.1) is 0 Å². The maximum absolute atomic E-state index is 12.9. The van der Waals surface area contributed by atoms with Crippen molar-refractivity contribution in [1.29, 1.82) is 0 Å².